The molecule has 0 spiro atoms. The predicted molar refractivity (Wildman–Crippen MR) is 177 cm³/mol. The largest absolute Gasteiger partial charge is 0.489 e. The molecule has 3 aliphatic rings. The molecular formula is C37H47N3O6. The van der Waals surface area contributed by atoms with Gasteiger partial charge in [-0.15, -0.1) is 0 Å². The number of ether oxygens (including phenoxy) is 4. The summed E-state index contributed by atoms with van der Waals surface area (Å²) < 4.78 is 23.2. The van der Waals surface area contributed by atoms with E-state index in [1.165, 1.54) is 0 Å². The van der Waals surface area contributed by atoms with Crippen molar-refractivity contribution in [2.45, 2.75) is 64.6 Å². The maximum absolute atomic E-state index is 13.1. The molecule has 3 heterocycles. The van der Waals surface area contributed by atoms with Gasteiger partial charge in [-0.25, -0.2) is 4.79 Å². The van der Waals surface area contributed by atoms with E-state index in [0.29, 0.717) is 43.6 Å². The van der Waals surface area contributed by atoms with Crippen LogP contribution in [0.4, 0.5) is 4.79 Å². The number of piperidine rings is 3. The van der Waals surface area contributed by atoms with Gasteiger partial charge in [0.1, 0.15) is 18.5 Å². The highest BCUT2D eigenvalue weighted by Crippen LogP contribution is 2.31. The normalized spacial score (nSPS) is 19.4. The SMILES string of the molecule is CCOC(CCCNC(=O)c1ccc(COc2cccc(C(NC(=O)OC3CN4CCC3CC4)c3ccccc3)c2)cc1)OCC. The monoisotopic (exact) mass is 629 g/mol. The summed E-state index contributed by atoms with van der Waals surface area (Å²) in [6, 6.07) is 24.7. The number of hydrogen-bond donors (Lipinski definition) is 2. The molecule has 3 aliphatic heterocycles. The average molecular weight is 630 g/mol. The van der Waals surface area contributed by atoms with Crippen LogP contribution in [0.2, 0.25) is 0 Å². The molecule has 2 atom stereocenters. The van der Waals surface area contributed by atoms with Gasteiger partial charge >= 0.3 is 6.09 Å². The van der Waals surface area contributed by atoms with E-state index in [4.69, 9.17) is 18.9 Å². The van der Waals surface area contributed by atoms with Crippen molar-refractivity contribution >= 4 is 12.0 Å². The number of fused-ring (bicyclic) bond motifs is 3. The number of benzene rings is 3. The standard InChI is InChI=1S/C37H47N3O6/c1-3-43-34(44-4-2)14-9-21-38-36(41)30-17-15-27(16-18-30)26-45-32-13-8-12-31(24-32)35(29-10-6-5-7-11-29)39-37(42)46-33-25-40-22-19-28(33)20-23-40/h5-8,10-13,15-18,24,28,33-35H,3-4,9,14,19-23,25-26H2,1-2H3,(H,38,41)(H,39,42). The van der Waals surface area contributed by atoms with E-state index in [0.717, 1.165) is 62.0 Å². The minimum atomic E-state index is -0.400. The van der Waals surface area contributed by atoms with Crippen LogP contribution in [0, 0.1) is 5.92 Å². The Bertz CT molecular complexity index is 1370. The minimum Gasteiger partial charge on any atom is -0.489 e. The second-order valence-electron chi connectivity index (χ2n) is 11.9. The number of alkyl carbamates (subject to hydrolysis) is 1. The molecule has 2 unspecified atom stereocenters. The third kappa shape index (κ3) is 9.55. The van der Waals surface area contributed by atoms with E-state index < -0.39 is 6.09 Å². The number of nitrogens with zero attached hydrogens (tertiary/aromatic N) is 1. The fourth-order valence-electron chi connectivity index (χ4n) is 6.20. The Morgan fingerprint density at radius 2 is 1.61 bits per heavy atom. The molecule has 2 amide bonds. The Morgan fingerprint density at radius 3 is 2.28 bits per heavy atom. The Kier molecular flexibility index (Phi) is 12.4. The number of carbonyl (C=O) groups excluding carboxylic acids is 2. The molecule has 3 aromatic rings. The fraction of sp³-hybridized carbons (Fsp3) is 0.459. The van der Waals surface area contributed by atoms with E-state index >= 15 is 0 Å². The van der Waals surface area contributed by atoms with Gasteiger partial charge in [0, 0.05) is 38.3 Å². The van der Waals surface area contributed by atoms with Gasteiger partial charge in [-0.2, -0.15) is 0 Å². The van der Waals surface area contributed by atoms with E-state index in [-0.39, 0.29) is 24.3 Å². The molecule has 0 radical (unpaired) electrons. The molecule has 3 fully saturated rings. The van der Waals surface area contributed by atoms with Crippen molar-refractivity contribution < 1.29 is 28.5 Å². The van der Waals surface area contributed by atoms with E-state index in [9.17, 15) is 9.59 Å². The second kappa shape index (κ2) is 17.1. The van der Waals surface area contributed by atoms with Crippen molar-refractivity contribution in [1.82, 2.24) is 15.5 Å². The third-order valence-corrected chi connectivity index (χ3v) is 8.67. The second-order valence-corrected chi connectivity index (χ2v) is 11.9. The summed E-state index contributed by atoms with van der Waals surface area (Å²) in [6.45, 7) is 8.97. The van der Waals surface area contributed by atoms with E-state index in [2.05, 4.69) is 15.5 Å². The zero-order valence-electron chi connectivity index (χ0n) is 27.0. The highest BCUT2D eigenvalue weighted by Gasteiger charge is 2.36. The maximum Gasteiger partial charge on any atom is 0.408 e. The van der Waals surface area contributed by atoms with Gasteiger partial charge < -0.3 is 29.6 Å². The lowest BCUT2D eigenvalue weighted by Gasteiger charge is -2.43. The topological polar surface area (TPSA) is 98.4 Å². The summed E-state index contributed by atoms with van der Waals surface area (Å²) in [4.78, 5) is 28.1. The average Bonchev–Trinajstić information content (AvgIpc) is 3.09. The molecule has 0 aliphatic carbocycles. The van der Waals surface area contributed by atoms with Crippen molar-refractivity contribution in [3.05, 3.63) is 101 Å². The minimum absolute atomic E-state index is 0.0647. The molecule has 6 rings (SSSR count). The molecule has 0 saturated carbocycles. The lowest BCUT2D eigenvalue weighted by molar-refractivity contribution is -0.139. The summed E-state index contributed by atoms with van der Waals surface area (Å²) in [6.07, 6.45) is 2.96. The Labute approximate surface area is 272 Å². The van der Waals surface area contributed by atoms with Gasteiger partial charge in [0.15, 0.2) is 6.29 Å². The number of carbonyl (C=O) groups is 2. The first-order valence-corrected chi connectivity index (χ1v) is 16.6. The van der Waals surface area contributed by atoms with Crippen LogP contribution in [-0.2, 0) is 20.8 Å². The van der Waals surface area contributed by atoms with Crippen LogP contribution >= 0.6 is 0 Å². The first-order valence-electron chi connectivity index (χ1n) is 16.6. The Balaban J connectivity index is 1.14. The lowest BCUT2D eigenvalue weighted by atomic mass is 9.86. The molecule has 46 heavy (non-hydrogen) atoms. The summed E-state index contributed by atoms with van der Waals surface area (Å²) in [5.74, 6) is 1.01. The Hall–Kier alpha value is -3.92. The molecule has 0 aromatic heterocycles. The van der Waals surface area contributed by atoms with Crippen LogP contribution in [-0.4, -0.2) is 68.7 Å². The summed E-state index contributed by atoms with van der Waals surface area (Å²) in [7, 11) is 0. The van der Waals surface area contributed by atoms with Gasteiger partial charge in [0.25, 0.3) is 5.91 Å². The smallest absolute Gasteiger partial charge is 0.408 e. The number of nitrogens with one attached hydrogen (secondary N) is 2. The lowest BCUT2D eigenvalue weighted by Crippen LogP contribution is -2.52. The molecule has 2 N–H and O–H groups in total. The highest BCUT2D eigenvalue weighted by molar-refractivity contribution is 5.94. The van der Waals surface area contributed by atoms with Crippen molar-refractivity contribution in [1.29, 1.82) is 0 Å². The predicted octanol–water partition coefficient (Wildman–Crippen LogP) is 6.08. The number of rotatable bonds is 16. The van der Waals surface area contributed by atoms with Crippen LogP contribution in [0.1, 0.15) is 72.6 Å². The van der Waals surface area contributed by atoms with Crippen LogP contribution < -0.4 is 15.4 Å². The van der Waals surface area contributed by atoms with Crippen molar-refractivity contribution in [3.63, 3.8) is 0 Å². The van der Waals surface area contributed by atoms with Gasteiger partial charge in [-0.05, 0) is 93.1 Å². The van der Waals surface area contributed by atoms with Gasteiger partial charge in [0.2, 0.25) is 0 Å². The zero-order valence-corrected chi connectivity index (χ0v) is 27.0. The summed E-state index contributed by atoms with van der Waals surface area (Å²) in [5, 5.41) is 6.09. The third-order valence-electron chi connectivity index (χ3n) is 8.67. The quantitative estimate of drug-likeness (QED) is 0.146. The molecular weight excluding hydrogens is 582 g/mol. The van der Waals surface area contributed by atoms with Crippen LogP contribution in [0.15, 0.2) is 78.9 Å². The number of amides is 2. The molecule has 2 bridgehead atoms. The molecule has 3 aromatic carbocycles. The van der Waals surface area contributed by atoms with Crippen LogP contribution in [0.3, 0.4) is 0 Å². The zero-order chi connectivity index (χ0) is 32.1. The van der Waals surface area contributed by atoms with Crippen molar-refractivity contribution in [2.24, 2.45) is 5.92 Å². The number of hydrogen-bond acceptors (Lipinski definition) is 7. The molecule has 246 valence electrons. The van der Waals surface area contributed by atoms with Gasteiger partial charge in [-0.3, -0.25) is 9.69 Å². The summed E-state index contributed by atoms with van der Waals surface area (Å²) in [5.41, 5.74) is 3.40. The van der Waals surface area contributed by atoms with Crippen LogP contribution in [0.25, 0.3) is 0 Å². The fourth-order valence-corrected chi connectivity index (χ4v) is 6.20. The van der Waals surface area contributed by atoms with Crippen LogP contribution in [0.5, 0.6) is 5.75 Å². The van der Waals surface area contributed by atoms with E-state index in [1.54, 1.807) is 0 Å². The first kappa shape index (κ1) is 33.4. The summed E-state index contributed by atoms with van der Waals surface area (Å²) >= 11 is 0. The van der Waals surface area contributed by atoms with Crippen molar-refractivity contribution in [2.75, 3.05) is 39.4 Å². The van der Waals surface area contributed by atoms with Gasteiger partial charge in [0.05, 0.1) is 6.04 Å². The molecule has 9 nitrogen and oxygen atoms in total. The van der Waals surface area contributed by atoms with Gasteiger partial charge in [-0.1, -0.05) is 54.6 Å². The maximum atomic E-state index is 13.1. The molecule has 9 heteroatoms. The first-order chi connectivity index (χ1) is 22.5. The van der Waals surface area contributed by atoms with Crippen molar-refractivity contribution in [3.8, 4) is 5.75 Å². The Morgan fingerprint density at radius 1 is 0.891 bits per heavy atom. The highest BCUT2D eigenvalue weighted by atomic mass is 16.7. The van der Waals surface area contributed by atoms with E-state index in [1.807, 2.05) is 92.7 Å². The molecule has 3 saturated heterocycles.